The van der Waals surface area contributed by atoms with Crippen LogP contribution in [0.2, 0.25) is 0 Å². The molecule has 80 valence electrons. The Morgan fingerprint density at radius 1 is 1.40 bits per heavy atom. The third kappa shape index (κ3) is 1.70. The molecule has 2 aromatic rings. The van der Waals surface area contributed by atoms with Crippen molar-refractivity contribution in [1.82, 2.24) is 5.32 Å². The molecule has 0 fully saturated rings. The van der Waals surface area contributed by atoms with E-state index in [4.69, 9.17) is 9.15 Å². The number of furan rings is 1. The predicted octanol–water partition coefficient (Wildman–Crippen LogP) is 2.72. The van der Waals surface area contributed by atoms with Gasteiger partial charge in [0.1, 0.15) is 11.3 Å². The fraction of sp³-hybridized carbons (Fsp3) is 0.333. The second kappa shape index (κ2) is 3.95. The third-order valence-corrected chi connectivity index (χ3v) is 2.71. The van der Waals surface area contributed by atoms with Gasteiger partial charge in [0, 0.05) is 23.1 Å². The van der Waals surface area contributed by atoms with Crippen LogP contribution in [0.15, 0.2) is 28.9 Å². The molecule has 3 nitrogen and oxygen atoms in total. The second-order valence-corrected chi connectivity index (χ2v) is 3.56. The molecule has 1 aromatic heterocycles. The Hall–Kier alpha value is -1.48. The van der Waals surface area contributed by atoms with E-state index in [1.807, 2.05) is 25.2 Å². The zero-order valence-corrected chi connectivity index (χ0v) is 9.20. The highest BCUT2D eigenvalue weighted by Crippen LogP contribution is 2.28. The van der Waals surface area contributed by atoms with Gasteiger partial charge >= 0.3 is 0 Å². The van der Waals surface area contributed by atoms with Gasteiger partial charge < -0.3 is 14.5 Å². The van der Waals surface area contributed by atoms with Crippen LogP contribution in [0, 0.1) is 0 Å². The average Bonchev–Trinajstić information content (AvgIpc) is 2.70. The summed E-state index contributed by atoms with van der Waals surface area (Å²) in [6.07, 6.45) is 1.80. The van der Waals surface area contributed by atoms with E-state index in [0.29, 0.717) is 6.04 Å². The quantitative estimate of drug-likeness (QED) is 0.836. The Morgan fingerprint density at radius 2 is 2.20 bits per heavy atom. The highest BCUT2D eigenvalue weighted by Gasteiger charge is 2.11. The first kappa shape index (κ1) is 10.1. The van der Waals surface area contributed by atoms with Crippen molar-refractivity contribution in [2.45, 2.75) is 13.0 Å². The fourth-order valence-corrected chi connectivity index (χ4v) is 1.65. The molecule has 0 saturated carbocycles. The lowest BCUT2D eigenvalue weighted by Gasteiger charge is -2.07. The van der Waals surface area contributed by atoms with E-state index in [1.54, 1.807) is 13.4 Å². The summed E-state index contributed by atoms with van der Waals surface area (Å²) in [5.74, 6) is 0.820. The zero-order chi connectivity index (χ0) is 10.8. The molecule has 0 aliphatic carbocycles. The first-order valence-corrected chi connectivity index (χ1v) is 4.98. The van der Waals surface area contributed by atoms with Crippen molar-refractivity contribution in [2.75, 3.05) is 14.2 Å². The predicted molar refractivity (Wildman–Crippen MR) is 60.2 cm³/mol. The summed E-state index contributed by atoms with van der Waals surface area (Å²) in [6.45, 7) is 2.11. The summed E-state index contributed by atoms with van der Waals surface area (Å²) < 4.78 is 10.6. The summed E-state index contributed by atoms with van der Waals surface area (Å²) in [5.41, 5.74) is 2.04. The van der Waals surface area contributed by atoms with Crippen molar-refractivity contribution in [1.29, 1.82) is 0 Å². The van der Waals surface area contributed by atoms with Crippen molar-refractivity contribution in [3.63, 3.8) is 0 Å². The number of benzene rings is 1. The summed E-state index contributed by atoms with van der Waals surface area (Å²) >= 11 is 0. The van der Waals surface area contributed by atoms with Crippen molar-refractivity contribution in [3.05, 3.63) is 30.0 Å². The number of fused-ring (bicyclic) bond motifs is 1. The van der Waals surface area contributed by atoms with Crippen LogP contribution in [0.5, 0.6) is 5.75 Å². The van der Waals surface area contributed by atoms with Crippen LogP contribution in [0.3, 0.4) is 0 Å². The summed E-state index contributed by atoms with van der Waals surface area (Å²) in [5, 5.41) is 4.33. The third-order valence-electron chi connectivity index (χ3n) is 2.71. The summed E-state index contributed by atoms with van der Waals surface area (Å²) in [4.78, 5) is 0. The van der Waals surface area contributed by atoms with E-state index in [-0.39, 0.29) is 0 Å². The van der Waals surface area contributed by atoms with Crippen LogP contribution < -0.4 is 10.1 Å². The molecule has 15 heavy (non-hydrogen) atoms. The number of hydrogen-bond acceptors (Lipinski definition) is 3. The van der Waals surface area contributed by atoms with Gasteiger partial charge in [0.15, 0.2) is 0 Å². The molecule has 1 unspecified atom stereocenters. The van der Waals surface area contributed by atoms with E-state index in [0.717, 1.165) is 16.7 Å². The van der Waals surface area contributed by atoms with E-state index in [2.05, 4.69) is 12.2 Å². The number of rotatable bonds is 3. The van der Waals surface area contributed by atoms with Crippen LogP contribution in [0.25, 0.3) is 11.0 Å². The average molecular weight is 205 g/mol. The SMILES string of the molecule is CNC(C)c1coc2cc(OC)ccc12. The maximum Gasteiger partial charge on any atom is 0.137 e. The molecule has 0 spiro atoms. The lowest BCUT2D eigenvalue weighted by molar-refractivity contribution is 0.414. The van der Waals surface area contributed by atoms with Crippen LogP contribution in [-0.4, -0.2) is 14.2 Å². The van der Waals surface area contributed by atoms with Crippen molar-refractivity contribution < 1.29 is 9.15 Å². The molecule has 0 radical (unpaired) electrons. The molecule has 1 N–H and O–H groups in total. The van der Waals surface area contributed by atoms with Crippen LogP contribution in [0.4, 0.5) is 0 Å². The maximum absolute atomic E-state index is 5.49. The van der Waals surface area contributed by atoms with Gasteiger partial charge in [0.05, 0.1) is 13.4 Å². The molecule has 1 atom stereocenters. The van der Waals surface area contributed by atoms with Gasteiger partial charge in [-0.2, -0.15) is 0 Å². The second-order valence-electron chi connectivity index (χ2n) is 3.56. The largest absolute Gasteiger partial charge is 0.497 e. The molecule has 1 aromatic carbocycles. The smallest absolute Gasteiger partial charge is 0.137 e. The number of ether oxygens (including phenoxy) is 1. The Bertz CT molecular complexity index is 462. The highest BCUT2D eigenvalue weighted by atomic mass is 16.5. The number of nitrogens with one attached hydrogen (secondary N) is 1. The van der Waals surface area contributed by atoms with E-state index >= 15 is 0 Å². The van der Waals surface area contributed by atoms with Crippen molar-refractivity contribution in [2.24, 2.45) is 0 Å². The van der Waals surface area contributed by atoms with Gasteiger partial charge in [-0.15, -0.1) is 0 Å². The molecule has 0 aliphatic rings. The Balaban J connectivity index is 2.52. The highest BCUT2D eigenvalue weighted by molar-refractivity contribution is 5.82. The van der Waals surface area contributed by atoms with Gasteiger partial charge in [0.2, 0.25) is 0 Å². The molecule has 0 saturated heterocycles. The van der Waals surface area contributed by atoms with E-state index in [1.165, 1.54) is 5.56 Å². The van der Waals surface area contributed by atoms with Crippen LogP contribution in [0.1, 0.15) is 18.5 Å². The lowest BCUT2D eigenvalue weighted by Crippen LogP contribution is -2.11. The fourth-order valence-electron chi connectivity index (χ4n) is 1.65. The summed E-state index contributed by atoms with van der Waals surface area (Å²) in [7, 11) is 3.59. The Kier molecular flexibility index (Phi) is 2.64. The normalized spacial score (nSPS) is 13.0. The lowest BCUT2D eigenvalue weighted by atomic mass is 10.1. The van der Waals surface area contributed by atoms with Gasteiger partial charge in [-0.05, 0) is 26.1 Å². The van der Waals surface area contributed by atoms with E-state index < -0.39 is 0 Å². The summed E-state index contributed by atoms with van der Waals surface area (Å²) in [6, 6.07) is 6.17. The zero-order valence-electron chi connectivity index (χ0n) is 9.20. The molecule has 2 rings (SSSR count). The Labute approximate surface area is 89.0 Å². The minimum Gasteiger partial charge on any atom is -0.497 e. The van der Waals surface area contributed by atoms with Crippen LogP contribution >= 0.6 is 0 Å². The first-order chi connectivity index (χ1) is 7.26. The molecule has 0 aliphatic heterocycles. The van der Waals surface area contributed by atoms with Crippen LogP contribution in [-0.2, 0) is 0 Å². The minimum atomic E-state index is 0.291. The van der Waals surface area contributed by atoms with Crippen molar-refractivity contribution in [3.8, 4) is 5.75 Å². The van der Waals surface area contributed by atoms with Gasteiger partial charge in [-0.25, -0.2) is 0 Å². The molecular formula is C12H15NO2. The van der Waals surface area contributed by atoms with Gasteiger partial charge in [0.25, 0.3) is 0 Å². The minimum absolute atomic E-state index is 0.291. The standard InChI is InChI=1S/C12H15NO2/c1-8(13-2)11-7-15-12-6-9(14-3)4-5-10(11)12/h4-8,13H,1-3H3. The Morgan fingerprint density at radius 3 is 2.87 bits per heavy atom. The van der Waals surface area contributed by atoms with Gasteiger partial charge in [-0.3, -0.25) is 0 Å². The van der Waals surface area contributed by atoms with E-state index in [9.17, 15) is 0 Å². The molecule has 3 heteroatoms. The number of hydrogen-bond donors (Lipinski definition) is 1. The van der Waals surface area contributed by atoms with Crippen molar-refractivity contribution >= 4 is 11.0 Å². The topological polar surface area (TPSA) is 34.4 Å². The first-order valence-electron chi connectivity index (χ1n) is 4.98. The molecule has 0 amide bonds. The molecule has 0 bridgehead atoms. The van der Waals surface area contributed by atoms with Gasteiger partial charge in [-0.1, -0.05) is 0 Å². The number of methoxy groups -OCH3 is 1. The molecular weight excluding hydrogens is 190 g/mol. The molecule has 1 heterocycles. The maximum atomic E-state index is 5.49. The monoisotopic (exact) mass is 205 g/mol.